The summed E-state index contributed by atoms with van der Waals surface area (Å²) in [5.74, 6) is 0.0265. The molecule has 2 fully saturated rings. The van der Waals surface area contributed by atoms with Gasteiger partial charge in [0.25, 0.3) is 5.91 Å². The van der Waals surface area contributed by atoms with Crippen molar-refractivity contribution in [2.75, 3.05) is 19.6 Å². The Labute approximate surface area is 148 Å². The third-order valence-electron chi connectivity index (χ3n) is 5.36. The average Bonchev–Trinajstić information content (AvgIpc) is 3.32. The van der Waals surface area contributed by atoms with Crippen LogP contribution in [0.25, 0.3) is 0 Å². The number of rotatable bonds is 4. The molecule has 3 heterocycles. The Morgan fingerprint density at radius 2 is 1.96 bits per heavy atom. The normalized spacial score (nSPS) is 21.6. The Morgan fingerprint density at radius 3 is 2.76 bits per heavy atom. The second-order valence-corrected chi connectivity index (χ2v) is 7.05. The Hall–Kier alpha value is -2.21. The molecule has 0 bridgehead atoms. The van der Waals surface area contributed by atoms with Crippen molar-refractivity contribution < 1.29 is 4.79 Å². The van der Waals surface area contributed by atoms with Gasteiger partial charge < -0.3 is 10.2 Å². The molecule has 1 amide bonds. The van der Waals surface area contributed by atoms with Crippen molar-refractivity contribution in [1.82, 2.24) is 25.2 Å². The molecule has 1 aromatic carbocycles. The van der Waals surface area contributed by atoms with Crippen molar-refractivity contribution in [2.45, 2.75) is 44.2 Å². The molecule has 6 heteroatoms. The first kappa shape index (κ1) is 16.3. The molecule has 6 nitrogen and oxygen atoms in total. The quantitative estimate of drug-likeness (QED) is 0.926. The van der Waals surface area contributed by atoms with E-state index in [1.807, 2.05) is 21.8 Å². The number of nitrogens with zero attached hydrogens (tertiary/aromatic N) is 4. The number of benzene rings is 1. The smallest absolute Gasteiger partial charge is 0.276 e. The topological polar surface area (TPSA) is 63.1 Å². The molecule has 0 saturated carbocycles. The Kier molecular flexibility index (Phi) is 4.78. The highest BCUT2D eigenvalue weighted by Gasteiger charge is 2.31. The maximum Gasteiger partial charge on any atom is 0.276 e. The molecule has 0 spiro atoms. The Morgan fingerprint density at radius 1 is 1.16 bits per heavy atom. The molecule has 1 aromatic heterocycles. The van der Waals surface area contributed by atoms with Crippen LogP contribution >= 0.6 is 0 Å². The molecule has 132 valence electrons. The maximum absolute atomic E-state index is 12.9. The zero-order valence-electron chi connectivity index (χ0n) is 14.5. The van der Waals surface area contributed by atoms with Crippen LogP contribution < -0.4 is 5.32 Å². The Bertz CT molecular complexity index is 708. The fraction of sp³-hybridized carbons (Fsp3) is 0.526. The van der Waals surface area contributed by atoms with Gasteiger partial charge in [0.05, 0.1) is 12.2 Å². The number of hydrogen-bond acceptors (Lipinski definition) is 4. The number of piperidine rings is 1. The van der Waals surface area contributed by atoms with Gasteiger partial charge in [0, 0.05) is 12.6 Å². The lowest BCUT2D eigenvalue weighted by molar-refractivity contribution is 0.0730. The highest BCUT2D eigenvalue weighted by atomic mass is 16.2. The maximum atomic E-state index is 12.9. The summed E-state index contributed by atoms with van der Waals surface area (Å²) in [6, 6.07) is 11.0. The van der Waals surface area contributed by atoms with Crippen molar-refractivity contribution in [3.05, 3.63) is 47.8 Å². The van der Waals surface area contributed by atoms with E-state index in [4.69, 9.17) is 0 Å². The number of hydrogen-bond donors (Lipinski definition) is 1. The fourth-order valence-electron chi connectivity index (χ4n) is 3.97. The van der Waals surface area contributed by atoms with E-state index in [0.29, 0.717) is 11.7 Å². The number of carbonyl (C=O) groups excluding carboxylic acids is 1. The summed E-state index contributed by atoms with van der Waals surface area (Å²) in [5.41, 5.74) is 1.77. The van der Waals surface area contributed by atoms with E-state index >= 15 is 0 Å². The first-order valence-corrected chi connectivity index (χ1v) is 9.29. The number of likely N-dealkylation sites (tertiary alicyclic amines) is 1. The largest absolute Gasteiger partial charge is 0.334 e. The lowest BCUT2D eigenvalue weighted by Crippen LogP contribution is -2.37. The van der Waals surface area contributed by atoms with E-state index in [9.17, 15) is 4.79 Å². The van der Waals surface area contributed by atoms with Crippen molar-refractivity contribution in [3.8, 4) is 0 Å². The minimum Gasteiger partial charge on any atom is -0.334 e. The summed E-state index contributed by atoms with van der Waals surface area (Å²) < 4.78 is 1.89. The van der Waals surface area contributed by atoms with Gasteiger partial charge in [-0.25, -0.2) is 4.68 Å². The van der Waals surface area contributed by atoms with Crippen LogP contribution in [0, 0.1) is 0 Å². The summed E-state index contributed by atoms with van der Waals surface area (Å²) in [5, 5.41) is 11.8. The number of amides is 1. The van der Waals surface area contributed by atoms with Crippen molar-refractivity contribution >= 4 is 5.91 Å². The van der Waals surface area contributed by atoms with Gasteiger partial charge >= 0.3 is 0 Å². The van der Waals surface area contributed by atoms with Crippen LogP contribution in [0.15, 0.2) is 36.5 Å². The van der Waals surface area contributed by atoms with Gasteiger partial charge in [-0.1, -0.05) is 35.5 Å². The summed E-state index contributed by atoms with van der Waals surface area (Å²) in [7, 11) is 0. The van der Waals surface area contributed by atoms with E-state index < -0.39 is 0 Å². The first-order valence-electron chi connectivity index (χ1n) is 9.29. The van der Waals surface area contributed by atoms with Crippen LogP contribution in [0.2, 0.25) is 0 Å². The zero-order chi connectivity index (χ0) is 17.1. The summed E-state index contributed by atoms with van der Waals surface area (Å²) in [6.45, 7) is 2.81. The molecule has 2 aliphatic rings. The van der Waals surface area contributed by atoms with Gasteiger partial charge in [-0.15, -0.1) is 5.10 Å². The van der Waals surface area contributed by atoms with Crippen LogP contribution in [-0.2, 0) is 6.42 Å². The molecule has 0 aliphatic carbocycles. The lowest BCUT2D eigenvalue weighted by Gasteiger charge is -2.24. The molecule has 1 atom stereocenters. The SMILES string of the molecule is O=C(c1cn(C2CCNCC2)nn1)N1CCC[C@@H]1Cc1ccccc1. The molecule has 1 N–H and O–H groups in total. The standard InChI is InChI=1S/C19H25N5O/c25-19(18-14-24(22-21-18)16-8-10-20-11-9-16)23-12-4-7-17(23)13-15-5-2-1-3-6-15/h1-3,5-6,14,16-17,20H,4,7-13H2/t17-/m1/s1. The van der Waals surface area contributed by atoms with Crippen LogP contribution in [0.1, 0.15) is 47.8 Å². The monoisotopic (exact) mass is 339 g/mol. The first-order chi connectivity index (χ1) is 12.3. The summed E-state index contributed by atoms with van der Waals surface area (Å²) in [6.07, 6.45) is 6.95. The molecule has 0 radical (unpaired) electrons. The van der Waals surface area contributed by atoms with Gasteiger partial charge in [0.1, 0.15) is 0 Å². The fourth-order valence-corrected chi connectivity index (χ4v) is 3.97. The van der Waals surface area contributed by atoms with Crippen LogP contribution in [-0.4, -0.2) is 51.5 Å². The number of aromatic nitrogens is 3. The zero-order valence-corrected chi connectivity index (χ0v) is 14.5. The van der Waals surface area contributed by atoms with E-state index in [1.165, 1.54) is 5.56 Å². The van der Waals surface area contributed by atoms with E-state index in [2.05, 4.69) is 39.9 Å². The van der Waals surface area contributed by atoms with Gasteiger partial charge in [-0.05, 0) is 50.8 Å². The molecule has 0 unspecified atom stereocenters. The predicted octanol–water partition coefficient (Wildman–Crippen LogP) is 2.05. The average molecular weight is 339 g/mol. The van der Waals surface area contributed by atoms with Crippen LogP contribution in [0.3, 0.4) is 0 Å². The highest BCUT2D eigenvalue weighted by molar-refractivity contribution is 5.92. The van der Waals surface area contributed by atoms with E-state index in [-0.39, 0.29) is 11.9 Å². The van der Waals surface area contributed by atoms with E-state index in [0.717, 1.165) is 51.7 Å². The van der Waals surface area contributed by atoms with Gasteiger partial charge in [0.2, 0.25) is 0 Å². The van der Waals surface area contributed by atoms with Gasteiger partial charge in [-0.3, -0.25) is 4.79 Å². The van der Waals surface area contributed by atoms with Crippen LogP contribution in [0.4, 0.5) is 0 Å². The van der Waals surface area contributed by atoms with Crippen molar-refractivity contribution in [1.29, 1.82) is 0 Å². The highest BCUT2D eigenvalue weighted by Crippen LogP contribution is 2.24. The number of nitrogens with one attached hydrogen (secondary N) is 1. The van der Waals surface area contributed by atoms with E-state index in [1.54, 1.807) is 0 Å². The molecular formula is C19H25N5O. The lowest BCUT2D eigenvalue weighted by atomic mass is 10.0. The third kappa shape index (κ3) is 3.58. The van der Waals surface area contributed by atoms with Crippen molar-refractivity contribution in [3.63, 3.8) is 0 Å². The molecule has 2 aliphatic heterocycles. The number of carbonyl (C=O) groups is 1. The molecular weight excluding hydrogens is 314 g/mol. The van der Waals surface area contributed by atoms with Gasteiger partial charge in [-0.2, -0.15) is 0 Å². The molecule has 2 aromatic rings. The molecule has 4 rings (SSSR count). The molecule has 2 saturated heterocycles. The minimum atomic E-state index is 0.0265. The summed E-state index contributed by atoms with van der Waals surface area (Å²) >= 11 is 0. The Balaban J connectivity index is 1.45. The second-order valence-electron chi connectivity index (χ2n) is 7.05. The van der Waals surface area contributed by atoms with Gasteiger partial charge in [0.15, 0.2) is 5.69 Å². The predicted molar refractivity (Wildman–Crippen MR) is 95.4 cm³/mol. The molecule has 25 heavy (non-hydrogen) atoms. The van der Waals surface area contributed by atoms with Crippen LogP contribution in [0.5, 0.6) is 0 Å². The van der Waals surface area contributed by atoms with Crippen molar-refractivity contribution in [2.24, 2.45) is 0 Å². The third-order valence-corrected chi connectivity index (χ3v) is 5.36. The minimum absolute atomic E-state index is 0.0265. The summed E-state index contributed by atoms with van der Waals surface area (Å²) in [4.78, 5) is 14.9. The second kappa shape index (κ2) is 7.35.